The third-order valence-corrected chi connectivity index (χ3v) is 6.83. The number of hydrogen-bond acceptors (Lipinski definition) is 4. The molecule has 2 aliphatic rings. The Morgan fingerprint density at radius 2 is 1.88 bits per heavy atom. The van der Waals surface area contributed by atoms with E-state index < -0.39 is 5.54 Å². The maximum absolute atomic E-state index is 13.7. The van der Waals surface area contributed by atoms with Crippen molar-refractivity contribution < 1.29 is 14.3 Å². The SMILES string of the molecule is COc1ccc(CN2C(=O)c3nc4ccccc4n3C[C@]2(C)C(=O)NC2CCCC2)cc1. The zero-order valence-electron chi connectivity index (χ0n) is 18.5. The van der Waals surface area contributed by atoms with E-state index in [9.17, 15) is 9.59 Å². The molecule has 166 valence electrons. The molecule has 0 radical (unpaired) electrons. The summed E-state index contributed by atoms with van der Waals surface area (Å²) in [7, 11) is 1.62. The van der Waals surface area contributed by atoms with Crippen LogP contribution < -0.4 is 10.1 Å². The number of amides is 2. The molecule has 1 atom stereocenters. The predicted molar refractivity (Wildman–Crippen MR) is 121 cm³/mol. The second kappa shape index (κ2) is 7.97. The Hall–Kier alpha value is -3.35. The number of fused-ring (bicyclic) bond motifs is 3. The highest BCUT2D eigenvalue weighted by atomic mass is 16.5. The Bertz CT molecular complexity index is 1160. The molecule has 1 N–H and O–H groups in total. The molecular weight excluding hydrogens is 404 g/mol. The molecule has 7 nitrogen and oxygen atoms in total. The molecule has 2 aromatic carbocycles. The highest BCUT2D eigenvalue weighted by Gasteiger charge is 2.48. The molecule has 1 saturated carbocycles. The number of carbonyl (C=O) groups is 2. The van der Waals surface area contributed by atoms with Gasteiger partial charge in [-0.05, 0) is 49.6 Å². The van der Waals surface area contributed by atoms with Crippen LogP contribution in [0.4, 0.5) is 0 Å². The molecule has 1 aliphatic heterocycles. The van der Waals surface area contributed by atoms with E-state index in [-0.39, 0.29) is 17.9 Å². The number of methoxy groups -OCH3 is 1. The predicted octanol–water partition coefficient (Wildman–Crippen LogP) is 3.52. The highest BCUT2D eigenvalue weighted by Crippen LogP contribution is 2.32. The zero-order chi connectivity index (χ0) is 22.3. The summed E-state index contributed by atoms with van der Waals surface area (Å²) in [6, 6.07) is 15.5. The van der Waals surface area contributed by atoms with Crippen LogP contribution >= 0.6 is 0 Å². The van der Waals surface area contributed by atoms with Crippen molar-refractivity contribution in [2.45, 2.75) is 57.3 Å². The van der Waals surface area contributed by atoms with Crippen LogP contribution in [0.2, 0.25) is 0 Å². The van der Waals surface area contributed by atoms with Crippen LogP contribution in [0, 0.1) is 0 Å². The fourth-order valence-corrected chi connectivity index (χ4v) is 4.90. The van der Waals surface area contributed by atoms with Crippen LogP contribution in [0.15, 0.2) is 48.5 Å². The molecule has 5 rings (SSSR count). The van der Waals surface area contributed by atoms with Gasteiger partial charge >= 0.3 is 0 Å². The lowest BCUT2D eigenvalue weighted by atomic mass is 9.93. The van der Waals surface area contributed by atoms with Crippen LogP contribution in [0.25, 0.3) is 11.0 Å². The van der Waals surface area contributed by atoms with Crippen molar-refractivity contribution in [2.75, 3.05) is 7.11 Å². The van der Waals surface area contributed by atoms with Gasteiger partial charge in [-0.2, -0.15) is 0 Å². The van der Waals surface area contributed by atoms with E-state index in [2.05, 4.69) is 10.3 Å². The summed E-state index contributed by atoms with van der Waals surface area (Å²) in [5, 5.41) is 3.23. The van der Waals surface area contributed by atoms with E-state index in [0.717, 1.165) is 48.0 Å². The van der Waals surface area contributed by atoms with Crippen LogP contribution in [-0.2, 0) is 17.9 Å². The number of hydrogen-bond donors (Lipinski definition) is 1. The largest absolute Gasteiger partial charge is 0.497 e. The first-order chi connectivity index (χ1) is 15.5. The first-order valence-corrected chi connectivity index (χ1v) is 11.2. The summed E-state index contributed by atoms with van der Waals surface area (Å²) in [6.07, 6.45) is 4.25. The average Bonchev–Trinajstić information content (AvgIpc) is 3.45. The fourth-order valence-electron chi connectivity index (χ4n) is 4.90. The van der Waals surface area contributed by atoms with Crippen LogP contribution in [-0.4, -0.2) is 45.0 Å². The third kappa shape index (κ3) is 3.42. The van der Waals surface area contributed by atoms with Gasteiger partial charge in [0.05, 0.1) is 24.7 Å². The number of nitrogens with one attached hydrogen (secondary N) is 1. The third-order valence-electron chi connectivity index (χ3n) is 6.83. The second-order valence-electron chi connectivity index (χ2n) is 8.98. The summed E-state index contributed by atoms with van der Waals surface area (Å²) in [5.41, 5.74) is 1.54. The van der Waals surface area contributed by atoms with Crippen molar-refractivity contribution >= 4 is 22.8 Å². The Kier molecular flexibility index (Phi) is 5.12. The number of aromatic nitrogens is 2. The Morgan fingerprint density at radius 1 is 1.16 bits per heavy atom. The van der Waals surface area contributed by atoms with Crippen LogP contribution in [0.5, 0.6) is 5.75 Å². The van der Waals surface area contributed by atoms with Crippen molar-refractivity contribution in [3.8, 4) is 5.75 Å². The molecule has 2 amide bonds. The minimum atomic E-state index is -1.03. The van der Waals surface area contributed by atoms with Crippen molar-refractivity contribution in [1.82, 2.24) is 19.8 Å². The molecule has 0 unspecified atom stereocenters. The van der Waals surface area contributed by atoms with E-state index in [4.69, 9.17) is 4.74 Å². The number of nitrogens with zero attached hydrogens (tertiary/aromatic N) is 3. The molecule has 0 saturated heterocycles. The smallest absolute Gasteiger partial charge is 0.291 e. The minimum absolute atomic E-state index is 0.102. The summed E-state index contributed by atoms with van der Waals surface area (Å²) >= 11 is 0. The summed E-state index contributed by atoms with van der Waals surface area (Å²) in [6.45, 7) is 2.56. The highest BCUT2D eigenvalue weighted by molar-refractivity contribution is 6.01. The van der Waals surface area contributed by atoms with Gasteiger partial charge in [-0.1, -0.05) is 37.1 Å². The first-order valence-electron chi connectivity index (χ1n) is 11.2. The second-order valence-corrected chi connectivity index (χ2v) is 8.98. The van der Waals surface area contributed by atoms with Crippen molar-refractivity contribution in [2.24, 2.45) is 0 Å². The molecular formula is C25H28N4O3. The molecule has 2 heterocycles. The van der Waals surface area contributed by atoms with Gasteiger partial charge in [-0.25, -0.2) is 4.98 Å². The van der Waals surface area contributed by atoms with E-state index >= 15 is 0 Å². The number of para-hydroxylation sites is 2. The van der Waals surface area contributed by atoms with E-state index in [1.165, 1.54) is 0 Å². The number of carbonyl (C=O) groups excluding carboxylic acids is 2. The monoisotopic (exact) mass is 432 g/mol. The topological polar surface area (TPSA) is 76.5 Å². The maximum Gasteiger partial charge on any atom is 0.291 e. The van der Waals surface area contributed by atoms with Crippen molar-refractivity contribution in [3.05, 3.63) is 59.9 Å². The standard InChI is InChI=1S/C25H28N4O3/c1-25(24(31)26-18-7-3-4-8-18)16-28-21-10-6-5-9-20(21)27-22(28)23(30)29(25)15-17-11-13-19(32-2)14-12-17/h5-6,9-14,18H,3-4,7-8,15-16H2,1-2H3,(H,26,31)/t25-/m1/s1. The van der Waals surface area contributed by atoms with Gasteiger partial charge in [-0.15, -0.1) is 0 Å². The van der Waals surface area contributed by atoms with Gasteiger partial charge in [0.15, 0.2) is 5.82 Å². The van der Waals surface area contributed by atoms with E-state index in [0.29, 0.717) is 18.9 Å². The molecule has 1 aliphatic carbocycles. The van der Waals surface area contributed by atoms with E-state index in [1.807, 2.05) is 60.0 Å². The average molecular weight is 433 g/mol. The quantitative estimate of drug-likeness (QED) is 0.669. The van der Waals surface area contributed by atoms with Gasteiger partial charge in [0.2, 0.25) is 5.91 Å². The molecule has 1 fully saturated rings. The Morgan fingerprint density at radius 3 is 2.59 bits per heavy atom. The normalized spacial score (nSPS) is 21.1. The van der Waals surface area contributed by atoms with Gasteiger partial charge in [0.25, 0.3) is 5.91 Å². The maximum atomic E-state index is 13.7. The molecule has 0 spiro atoms. The Balaban J connectivity index is 1.54. The lowest BCUT2D eigenvalue weighted by molar-refractivity contribution is -0.133. The molecule has 32 heavy (non-hydrogen) atoms. The van der Waals surface area contributed by atoms with Crippen molar-refractivity contribution in [1.29, 1.82) is 0 Å². The molecule has 1 aromatic heterocycles. The van der Waals surface area contributed by atoms with Crippen molar-refractivity contribution in [3.63, 3.8) is 0 Å². The number of rotatable bonds is 5. The fraction of sp³-hybridized carbons (Fsp3) is 0.400. The number of ether oxygens (including phenoxy) is 1. The lowest BCUT2D eigenvalue weighted by Gasteiger charge is -2.44. The van der Waals surface area contributed by atoms with E-state index in [1.54, 1.807) is 12.0 Å². The summed E-state index contributed by atoms with van der Waals surface area (Å²) in [5.74, 6) is 0.801. The molecule has 0 bridgehead atoms. The zero-order valence-corrected chi connectivity index (χ0v) is 18.5. The minimum Gasteiger partial charge on any atom is -0.497 e. The lowest BCUT2D eigenvalue weighted by Crippen LogP contribution is -2.64. The van der Waals surface area contributed by atoms with Crippen LogP contribution in [0.1, 0.15) is 48.8 Å². The van der Waals surface area contributed by atoms with Gasteiger partial charge in [0.1, 0.15) is 11.3 Å². The Labute approximate surface area is 187 Å². The summed E-state index contributed by atoms with van der Waals surface area (Å²) in [4.78, 5) is 33.6. The van der Waals surface area contributed by atoms with Gasteiger partial charge < -0.3 is 19.5 Å². The van der Waals surface area contributed by atoms with Crippen LogP contribution in [0.3, 0.4) is 0 Å². The number of imidazole rings is 1. The van der Waals surface area contributed by atoms with Gasteiger partial charge in [-0.3, -0.25) is 9.59 Å². The van der Waals surface area contributed by atoms with Gasteiger partial charge in [0, 0.05) is 12.6 Å². The molecule has 3 aromatic rings. The number of benzene rings is 2. The first kappa shape index (κ1) is 20.5. The summed E-state index contributed by atoms with van der Waals surface area (Å²) < 4.78 is 7.16. The molecule has 7 heteroatoms.